The highest BCUT2D eigenvalue weighted by Crippen LogP contribution is 2.33. The highest BCUT2D eigenvalue weighted by molar-refractivity contribution is 5.89. The topological polar surface area (TPSA) is 58.9 Å². The lowest BCUT2D eigenvalue weighted by Gasteiger charge is -2.30. The first-order valence-electron chi connectivity index (χ1n) is 9.14. The summed E-state index contributed by atoms with van der Waals surface area (Å²) in [5.41, 5.74) is 3.20. The maximum absolute atomic E-state index is 12.3. The first-order valence-corrected chi connectivity index (χ1v) is 9.14. The van der Waals surface area contributed by atoms with E-state index >= 15 is 0 Å². The van der Waals surface area contributed by atoms with Crippen molar-refractivity contribution < 1.29 is 13.2 Å². The Morgan fingerprint density at radius 3 is 2.75 bits per heavy atom. The summed E-state index contributed by atoms with van der Waals surface area (Å²) in [7, 11) is 2.02. The lowest BCUT2D eigenvalue weighted by molar-refractivity contribution is -0.134. The monoisotopic (exact) mass is 390 g/mol. The van der Waals surface area contributed by atoms with Crippen LogP contribution in [0, 0.1) is 0 Å². The first kappa shape index (κ1) is 18.5. The van der Waals surface area contributed by atoms with Gasteiger partial charge < -0.3 is 14.8 Å². The Morgan fingerprint density at radius 1 is 1.21 bits per heavy atom. The minimum absolute atomic E-state index is 0.109. The predicted molar refractivity (Wildman–Crippen MR) is 101 cm³/mol. The molecule has 9 heteroatoms. The van der Waals surface area contributed by atoms with Crippen molar-refractivity contribution in [3.63, 3.8) is 0 Å². The van der Waals surface area contributed by atoms with Gasteiger partial charge in [-0.3, -0.25) is 4.98 Å². The average molecular weight is 390 g/mol. The van der Waals surface area contributed by atoms with Gasteiger partial charge in [0.1, 0.15) is 5.52 Å². The van der Waals surface area contributed by atoms with Crippen LogP contribution < -0.4 is 10.2 Å². The van der Waals surface area contributed by atoms with Crippen LogP contribution in [0.1, 0.15) is 30.6 Å². The summed E-state index contributed by atoms with van der Waals surface area (Å²) in [6, 6.07) is 5.75. The number of pyridine rings is 1. The summed E-state index contributed by atoms with van der Waals surface area (Å²) in [5.74, 6) is 1.40. The second-order valence-electron chi connectivity index (χ2n) is 7.18. The van der Waals surface area contributed by atoms with E-state index in [4.69, 9.17) is 0 Å². The number of hydrogen-bond acceptors (Lipinski definition) is 5. The molecule has 3 aromatic heterocycles. The van der Waals surface area contributed by atoms with Crippen LogP contribution in [-0.2, 0) is 13.0 Å². The molecule has 3 aromatic rings. The minimum Gasteiger partial charge on any atom is -0.356 e. The molecule has 148 valence electrons. The summed E-state index contributed by atoms with van der Waals surface area (Å²) in [6.45, 7) is 3.48. The molecule has 0 fully saturated rings. The van der Waals surface area contributed by atoms with Crippen LogP contribution in [-0.4, -0.2) is 39.3 Å². The number of aryl methyl sites for hydroxylation is 1. The SMILES string of the molecule is C[C@H]1CN(C)c2nc(NCc3ccc(CCC(F)(F)F)nc3)nc3ccn1c23. The molecule has 1 atom stereocenters. The molecule has 0 saturated heterocycles. The molecule has 28 heavy (non-hydrogen) atoms. The number of likely N-dealkylation sites (N-methyl/N-ethyl adjacent to an activating group) is 1. The fourth-order valence-corrected chi connectivity index (χ4v) is 3.49. The van der Waals surface area contributed by atoms with E-state index in [1.807, 2.05) is 19.3 Å². The molecule has 6 nitrogen and oxygen atoms in total. The molecule has 1 aliphatic heterocycles. The van der Waals surface area contributed by atoms with Crippen molar-refractivity contribution in [1.82, 2.24) is 19.5 Å². The summed E-state index contributed by atoms with van der Waals surface area (Å²) in [6.07, 6.45) is -1.51. The third-order valence-electron chi connectivity index (χ3n) is 4.92. The Labute approximate surface area is 160 Å². The number of nitrogens with zero attached hydrogens (tertiary/aromatic N) is 5. The van der Waals surface area contributed by atoms with E-state index in [2.05, 4.69) is 36.7 Å². The number of alkyl halides is 3. The van der Waals surface area contributed by atoms with Crippen LogP contribution >= 0.6 is 0 Å². The van der Waals surface area contributed by atoms with Gasteiger partial charge in [0.25, 0.3) is 0 Å². The third-order valence-corrected chi connectivity index (χ3v) is 4.92. The molecule has 4 rings (SSSR count). The number of rotatable bonds is 5. The molecule has 0 unspecified atom stereocenters. The molecule has 1 aliphatic rings. The fourth-order valence-electron chi connectivity index (χ4n) is 3.49. The van der Waals surface area contributed by atoms with Crippen LogP contribution in [0.3, 0.4) is 0 Å². The Kier molecular flexibility index (Phi) is 4.60. The largest absolute Gasteiger partial charge is 0.389 e. The highest BCUT2D eigenvalue weighted by Gasteiger charge is 2.27. The average Bonchev–Trinajstić information content (AvgIpc) is 3.08. The second kappa shape index (κ2) is 6.96. The molecule has 1 N–H and O–H groups in total. The van der Waals surface area contributed by atoms with Gasteiger partial charge in [0.05, 0.1) is 5.52 Å². The quantitative estimate of drug-likeness (QED) is 0.715. The molecule has 0 radical (unpaired) electrons. The Morgan fingerprint density at radius 2 is 2.04 bits per heavy atom. The molecule has 0 bridgehead atoms. The van der Waals surface area contributed by atoms with Crippen molar-refractivity contribution in [1.29, 1.82) is 0 Å². The molecular formula is C19H21F3N6. The van der Waals surface area contributed by atoms with E-state index in [1.165, 1.54) is 0 Å². The highest BCUT2D eigenvalue weighted by atomic mass is 19.4. The van der Waals surface area contributed by atoms with Crippen molar-refractivity contribution in [3.05, 3.63) is 41.9 Å². The summed E-state index contributed by atoms with van der Waals surface area (Å²) < 4.78 is 39.1. The van der Waals surface area contributed by atoms with Crippen LogP contribution in [0.4, 0.5) is 24.9 Å². The lowest BCUT2D eigenvalue weighted by atomic mass is 10.2. The van der Waals surface area contributed by atoms with Gasteiger partial charge in [-0.05, 0) is 31.0 Å². The van der Waals surface area contributed by atoms with E-state index < -0.39 is 12.6 Å². The maximum Gasteiger partial charge on any atom is 0.389 e. The Hall–Kier alpha value is -2.84. The molecular weight excluding hydrogens is 369 g/mol. The van der Waals surface area contributed by atoms with Gasteiger partial charge in [-0.25, -0.2) is 4.98 Å². The normalized spacial score (nSPS) is 16.6. The number of halogens is 3. The lowest BCUT2D eigenvalue weighted by Crippen LogP contribution is -2.31. The Bertz CT molecular complexity index is 980. The molecule has 0 saturated carbocycles. The van der Waals surface area contributed by atoms with Crippen molar-refractivity contribution in [3.8, 4) is 0 Å². The van der Waals surface area contributed by atoms with Gasteiger partial charge in [0.2, 0.25) is 5.95 Å². The van der Waals surface area contributed by atoms with Crippen LogP contribution in [0.15, 0.2) is 30.6 Å². The summed E-state index contributed by atoms with van der Waals surface area (Å²) in [5, 5.41) is 3.19. The minimum atomic E-state index is -4.16. The standard InChI is InChI=1S/C19H21F3N6/c1-12-11-27(2)17-16-15(6-8-28(12)16)25-18(26-17)24-10-13-3-4-14(23-9-13)5-7-19(20,21)22/h3-4,6,8-9,12H,5,7,10-11H2,1-2H3,(H,24,25,26)/t12-/m0/s1. The van der Waals surface area contributed by atoms with Crippen molar-refractivity contribution in [2.75, 3.05) is 23.8 Å². The first-order chi connectivity index (χ1) is 13.3. The molecule has 0 aromatic carbocycles. The number of anilines is 2. The zero-order chi connectivity index (χ0) is 19.9. The van der Waals surface area contributed by atoms with Crippen LogP contribution in [0.5, 0.6) is 0 Å². The van der Waals surface area contributed by atoms with E-state index in [0.29, 0.717) is 24.2 Å². The molecule has 4 heterocycles. The Balaban J connectivity index is 1.46. The van der Waals surface area contributed by atoms with Gasteiger partial charge in [0.15, 0.2) is 5.82 Å². The third kappa shape index (κ3) is 3.74. The fraction of sp³-hybridized carbons (Fsp3) is 0.421. The van der Waals surface area contributed by atoms with Gasteiger partial charge in [-0.2, -0.15) is 18.2 Å². The van der Waals surface area contributed by atoms with Gasteiger partial charge in [-0.1, -0.05) is 6.07 Å². The molecule has 0 amide bonds. The molecule has 0 aliphatic carbocycles. The van der Waals surface area contributed by atoms with E-state index in [-0.39, 0.29) is 6.42 Å². The number of aromatic nitrogens is 4. The predicted octanol–water partition coefficient (Wildman–Crippen LogP) is 3.94. The number of hydrogen-bond donors (Lipinski definition) is 1. The summed E-state index contributed by atoms with van der Waals surface area (Å²) >= 11 is 0. The zero-order valence-corrected chi connectivity index (χ0v) is 15.7. The van der Waals surface area contributed by atoms with Crippen molar-refractivity contribution >= 4 is 22.8 Å². The van der Waals surface area contributed by atoms with Gasteiger partial charge in [-0.15, -0.1) is 0 Å². The van der Waals surface area contributed by atoms with Crippen molar-refractivity contribution in [2.24, 2.45) is 0 Å². The summed E-state index contributed by atoms with van der Waals surface area (Å²) in [4.78, 5) is 15.5. The van der Waals surface area contributed by atoms with E-state index in [0.717, 1.165) is 29.0 Å². The van der Waals surface area contributed by atoms with Crippen LogP contribution in [0.2, 0.25) is 0 Å². The van der Waals surface area contributed by atoms with E-state index in [1.54, 1.807) is 18.3 Å². The number of nitrogens with one attached hydrogen (secondary N) is 1. The van der Waals surface area contributed by atoms with E-state index in [9.17, 15) is 13.2 Å². The van der Waals surface area contributed by atoms with Gasteiger partial charge >= 0.3 is 6.18 Å². The second-order valence-corrected chi connectivity index (χ2v) is 7.18. The van der Waals surface area contributed by atoms with Gasteiger partial charge in [0, 0.05) is 50.7 Å². The molecule has 0 spiro atoms. The van der Waals surface area contributed by atoms with Crippen LogP contribution in [0.25, 0.3) is 11.0 Å². The zero-order valence-electron chi connectivity index (χ0n) is 15.7. The van der Waals surface area contributed by atoms with Crippen molar-refractivity contribution in [2.45, 2.75) is 38.5 Å². The maximum atomic E-state index is 12.3. The smallest absolute Gasteiger partial charge is 0.356 e.